The molecule has 0 amide bonds. The van der Waals surface area contributed by atoms with Gasteiger partial charge in [0.2, 0.25) is 0 Å². The first-order chi connectivity index (χ1) is 12.0. The Labute approximate surface area is 177 Å². The van der Waals surface area contributed by atoms with Gasteiger partial charge in [0, 0.05) is 22.8 Å². The summed E-state index contributed by atoms with van der Waals surface area (Å²) in [5.41, 5.74) is -3.00. The Bertz CT molecular complexity index is 622. The summed E-state index contributed by atoms with van der Waals surface area (Å²) < 4.78 is 36.6. The van der Waals surface area contributed by atoms with Gasteiger partial charge in [0.05, 0.1) is 41.4 Å². The van der Waals surface area contributed by atoms with Crippen LogP contribution < -0.4 is 0 Å². The monoisotopic (exact) mass is 516 g/mol. The predicted octanol–water partition coefficient (Wildman–Crippen LogP) is 0.833. The zero-order chi connectivity index (χ0) is 21.1. The molecule has 0 spiro atoms. The normalized spacial score (nSPS) is 52.8. The van der Waals surface area contributed by atoms with E-state index in [1.54, 1.807) is 35.9 Å². The van der Waals surface area contributed by atoms with Gasteiger partial charge in [0.25, 0.3) is 0 Å². The van der Waals surface area contributed by atoms with Crippen molar-refractivity contribution in [3.8, 4) is 0 Å². The van der Waals surface area contributed by atoms with E-state index in [0.29, 0.717) is 0 Å². The smallest absolute Gasteiger partial charge is 0.389 e. The number of aliphatic hydroxyl groups excluding tert-OH is 2. The number of halogens is 1. The fourth-order valence-electron chi connectivity index (χ4n) is 4.12. The minimum Gasteiger partial charge on any atom is -0.393 e. The van der Waals surface area contributed by atoms with Gasteiger partial charge in [-0.3, -0.25) is 9.05 Å². The van der Waals surface area contributed by atoms with Crippen LogP contribution in [0.4, 0.5) is 0 Å². The summed E-state index contributed by atoms with van der Waals surface area (Å²) in [5, 5.41) is 16.9. The van der Waals surface area contributed by atoms with E-state index in [1.165, 1.54) is 0 Å². The molecule has 2 fully saturated rings. The molecule has 7 nitrogen and oxygen atoms in total. The molecule has 2 aliphatic heterocycles. The maximum atomic E-state index is 13.0. The van der Waals surface area contributed by atoms with Gasteiger partial charge in [-0.25, -0.2) is 4.57 Å². The standard InChI is InChI=1S/C16H32B2IO7P/c1-9-11(21)14(4,26-15(9,5)17)8-23-27(19,22)24-12-10(2)16(6,18)25-13(12,3)7-20/h9-12,20-21H,7-8,17-18H2,1-6H3/t9?,10?,11?,12?,13-,14?,15-,16-,27-/m1/s1. The van der Waals surface area contributed by atoms with Crippen molar-refractivity contribution in [2.45, 2.75) is 76.0 Å². The van der Waals surface area contributed by atoms with Crippen molar-refractivity contribution in [3.63, 3.8) is 0 Å². The minimum atomic E-state index is -3.52. The first-order valence-corrected chi connectivity index (χ1v) is 13.6. The van der Waals surface area contributed by atoms with E-state index in [2.05, 4.69) is 0 Å². The summed E-state index contributed by atoms with van der Waals surface area (Å²) in [7, 11) is 3.83. The van der Waals surface area contributed by atoms with Gasteiger partial charge in [0.1, 0.15) is 33.0 Å². The molecular weight excluding hydrogens is 484 g/mol. The molecule has 0 radical (unpaired) electrons. The molecule has 0 aromatic rings. The average Bonchev–Trinajstić information content (AvgIpc) is 2.80. The molecule has 156 valence electrons. The molecule has 2 heterocycles. The van der Waals surface area contributed by atoms with E-state index >= 15 is 0 Å². The Morgan fingerprint density at radius 2 is 1.56 bits per heavy atom. The summed E-state index contributed by atoms with van der Waals surface area (Å²) >= 11 is 1.67. The molecule has 27 heavy (non-hydrogen) atoms. The highest BCUT2D eigenvalue weighted by molar-refractivity contribution is 14.2. The number of ether oxygens (including phenoxy) is 2. The topological polar surface area (TPSA) is 94.5 Å². The molecule has 5 unspecified atom stereocenters. The van der Waals surface area contributed by atoms with Crippen LogP contribution in [0.15, 0.2) is 0 Å². The Morgan fingerprint density at radius 1 is 1.07 bits per heavy atom. The van der Waals surface area contributed by atoms with Crippen molar-refractivity contribution in [2.75, 3.05) is 13.2 Å². The summed E-state index contributed by atoms with van der Waals surface area (Å²) in [4.78, 5) is 0. The van der Waals surface area contributed by atoms with Crippen LogP contribution in [0.25, 0.3) is 0 Å². The molecule has 2 aliphatic rings. The van der Waals surface area contributed by atoms with Gasteiger partial charge >= 0.3 is 5.24 Å². The van der Waals surface area contributed by atoms with E-state index in [1.807, 2.05) is 43.4 Å². The van der Waals surface area contributed by atoms with Crippen molar-refractivity contribution < 1.29 is 33.3 Å². The van der Waals surface area contributed by atoms with E-state index in [-0.39, 0.29) is 25.0 Å². The Hall–Kier alpha value is 0.850. The van der Waals surface area contributed by atoms with E-state index in [0.717, 1.165) is 0 Å². The van der Waals surface area contributed by atoms with Gasteiger partial charge in [-0.15, -0.1) is 0 Å². The highest BCUT2D eigenvalue weighted by Crippen LogP contribution is 2.62. The molecule has 0 aromatic heterocycles. The number of rotatable bonds is 6. The Morgan fingerprint density at radius 3 is 2.00 bits per heavy atom. The van der Waals surface area contributed by atoms with Crippen molar-refractivity contribution in [2.24, 2.45) is 11.8 Å². The molecular formula is C16H32B2IO7P. The highest BCUT2D eigenvalue weighted by atomic mass is 127. The lowest BCUT2D eigenvalue weighted by molar-refractivity contribution is -0.110. The summed E-state index contributed by atoms with van der Waals surface area (Å²) in [6, 6.07) is 0. The number of aliphatic hydroxyl groups is 2. The lowest BCUT2D eigenvalue weighted by Gasteiger charge is -2.33. The molecule has 2 rings (SSSR count). The second-order valence-electron chi connectivity index (χ2n) is 9.45. The van der Waals surface area contributed by atoms with Crippen molar-refractivity contribution in [1.82, 2.24) is 0 Å². The van der Waals surface area contributed by atoms with Crippen LogP contribution in [-0.2, 0) is 23.1 Å². The van der Waals surface area contributed by atoms with Gasteiger partial charge in [-0.1, -0.05) is 13.8 Å². The van der Waals surface area contributed by atoms with E-state index < -0.39 is 39.6 Å². The number of hydrogen-bond acceptors (Lipinski definition) is 7. The van der Waals surface area contributed by atoms with Gasteiger partial charge < -0.3 is 19.7 Å². The molecule has 2 N–H and O–H groups in total. The van der Waals surface area contributed by atoms with Crippen LogP contribution in [-0.4, -0.2) is 73.5 Å². The fraction of sp³-hybridized carbons (Fsp3) is 1.00. The second kappa shape index (κ2) is 7.52. The predicted molar refractivity (Wildman–Crippen MR) is 117 cm³/mol. The summed E-state index contributed by atoms with van der Waals surface area (Å²) in [5.74, 6) is -0.202. The number of hydrogen-bond donors (Lipinski definition) is 2. The molecule has 9 atom stereocenters. The van der Waals surface area contributed by atoms with Crippen LogP contribution >= 0.6 is 27.3 Å². The summed E-state index contributed by atoms with van der Waals surface area (Å²) in [6.45, 7) is 10.9. The molecule has 11 heteroatoms. The summed E-state index contributed by atoms with van der Waals surface area (Å²) in [6.07, 6.45) is -1.35. The maximum absolute atomic E-state index is 13.0. The van der Waals surface area contributed by atoms with Crippen molar-refractivity contribution in [3.05, 3.63) is 0 Å². The fourth-order valence-corrected chi connectivity index (χ4v) is 6.42. The molecule has 0 saturated carbocycles. The van der Waals surface area contributed by atoms with Gasteiger partial charge in [0.15, 0.2) is 0 Å². The Balaban J connectivity index is 2.10. The second-order valence-corrected chi connectivity index (χ2v) is 14.3. The van der Waals surface area contributed by atoms with Crippen LogP contribution in [0, 0.1) is 11.8 Å². The van der Waals surface area contributed by atoms with Crippen molar-refractivity contribution in [1.29, 1.82) is 0 Å². The third kappa shape index (κ3) is 4.63. The maximum Gasteiger partial charge on any atom is 0.389 e. The first kappa shape index (κ1) is 24.1. The Kier molecular flexibility index (Phi) is 6.72. The first-order valence-electron chi connectivity index (χ1n) is 9.32. The third-order valence-electron chi connectivity index (χ3n) is 6.40. The van der Waals surface area contributed by atoms with Crippen LogP contribution in [0.3, 0.4) is 0 Å². The minimum absolute atomic E-state index is 0.0661. The quantitative estimate of drug-likeness (QED) is 0.307. The largest absolute Gasteiger partial charge is 0.393 e. The van der Waals surface area contributed by atoms with Crippen LogP contribution in [0.1, 0.15) is 41.5 Å². The van der Waals surface area contributed by atoms with Gasteiger partial charge in [-0.05, 0) is 27.7 Å². The highest BCUT2D eigenvalue weighted by Gasteiger charge is 2.57. The molecule has 0 aliphatic carbocycles. The zero-order valence-corrected chi connectivity index (χ0v) is 20.5. The molecule has 0 aromatic carbocycles. The lowest BCUT2D eigenvalue weighted by Crippen LogP contribution is -2.44. The van der Waals surface area contributed by atoms with Crippen molar-refractivity contribution >= 4 is 43.0 Å². The SMILES string of the molecule is B[C@]1(C)OC(C)(CO[P@](=O)(I)OC2C(C)[C@@](B)(C)O[C@]2(C)CO)C(O)C1C. The average molecular weight is 516 g/mol. The van der Waals surface area contributed by atoms with Crippen LogP contribution in [0.5, 0.6) is 0 Å². The zero-order valence-electron chi connectivity index (χ0n) is 17.5. The van der Waals surface area contributed by atoms with Crippen LogP contribution in [0.2, 0.25) is 0 Å². The van der Waals surface area contributed by atoms with Gasteiger partial charge in [-0.2, -0.15) is 0 Å². The molecule has 0 bridgehead atoms. The van der Waals surface area contributed by atoms with E-state index in [9.17, 15) is 14.8 Å². The van der Waals surface area contributed by atoms with E-state index in [4.69, 9.17) is 18.5 Å². The molecule has 2 saturated heterocycles. The lowest BCUT2D eigenvalue weighted by atomic mass is 9.72. The third-order valence-corrected chi connectivity index (χ3v) is 8.83.